The van der Waals surface area contributed by atoms with Gasteiger partial charge in [-0.05, 0) is 74.4 Å². The van der Waals surface area contributed by atoms with Crippen LogP contribution in [0.2, 0.25) is 0 Å². The Kier molecular flexibility index (Phi) is 16.7. The van der Waals surface area contributed by atoms with Crippen molar-refractivity contribution in [2.75, 3.05) is 13.7 Å². The molecule has 5 aromatic rings. The summed E-state index contributed by atoms with van der Waals surface area (Å²) in [5.41, 5.74) is 4.45. The van der Waals surface area contributed by atoms with E-state index in [4.69, 9.17) is 23.7 Å². The number of alkyl carbamates (subject to hydrolysis) is 2. The number of esters is 2. The zero-order valence-electron chi connectivity index (χ0n) is 36.9. The molecule has 0 aliphatic rings. The van der Waals surface area contributed by atoms with Gasteiger partial charge in [-0.15, -0.1) is 0 Å². The Morgan fingerprint density at radius 2 is 1.33 bits per heavy atom. The van der Waals surface area contributed by atoms with Crippen molar-refractivity contribution in [3.05, 3.63) is 126 Å². The molecule has 3 amide bonds. The lowest BCUT2D eigenvalue weighted by molar-refractivity contribution is -0.146. The molecule has 334 valence electrons. The third kappa shape index (κ3) is 14.1. The molecular formula is C49H58N4O10. The van der Waals surface area contributed by atoms with Gasteiger partial charge in [-0.1, -0.05) is 98.8 Å². The van der Waals surface area contributed by atoms with Crippen LogP contribution in [0, 0.1) is 5.92 Å². The van der Waals surface area contributed by atoms with Crippen LogP contribution < -0.4 is 20.7 Å². The molecule has 1 aromatic heterocycles. The number of hydrogen-bond acceptors (Lipinski definition) is 10. The summed E-state index contributed by atoms with van der Waals surface area (Å²) in [6.07, 6.45) is 0.664. The summed E-state index contributed by atoms with van der Waals surface area (Å²) in [5.74, 6) is -1.19. The number of aromatic amines is 1. The van der Waals surface area contributed by atoms with E-state index in [1.54, 1.807) is 33.9 Å². The molecule has 63 heavy (non-hydrogen) atoms. The molecule has 0 unspecified atom stereocenters. The lowest BCUT2D eigenvalue weighted by Crippen LogP contribution is -2.53. The van der Waals surface area contributed by atoms with E-state index in [-0.39, 0.29) is 38.6 Å². The Morgan fingerprint density at radius 1 is 0.667 bits per heavy atom. The first-order valence-electron chi connectivity index (χ1n) is 21.0. The van der Waals surface area contributed by atoms with Crippen LogP contribution in [0.4, 0.5) is 9.59 Å². The summed E-state index contributed by atoms with van der Waals surface area (Å²) in [6, 6.07) is 27.0. The van der Waals surface area contributed by atoms with E-state index in [1.165, 1.54) is 7.11 Å². The number of amides is 3. The van der Waals surface area contributed by atoms with Crippen LogP contribution in [0.15, 0.2) is 103 Å². The lowest BCUT2D eigenvalue weighted by atomic mass is 9.95. The molecule has 4 N–H and O–H groups in total. The number of para-hydroxylation sites is 1. The summed E-state index contributed by atoms with van der Waals surface area (Å²) in [7, 11) is 1.26. The lowest BCUT2D eigenvalue weighted by Gasteiger charge is -2.25. The van der Waals surface area contributed by atoms with Gasteiger partial charge in [0.05, 0.1) is 19.2 Å². The molecular weight excluding hydrogens is 805 g/mol. The third-order valence-electron chi connectivity index (χ3n) is 9.83. The maximum atomic E-state index is 14.0. The van der Waals surface area contributed by atoms with Crippen molar-refractivity contribution in [1.29, 1.82) is 0 Å². The second-order valence-electron chi connectivity index (χ2n) is 16.5. The highest BCUT2D eigenvalue weighted by Crippen LogP contribution is 2.37. The van der Waals surface area contributed by atoms with Gasteiger partial charge >= 0.3 is 24.1 Å². The Bertz CT molecular complexity index is 2320. The highest BCUT2D eigenvalue weighted by atomic mass is 16.6. The molecule has 3 atom stereocenters. The molecule has 0 aliphatic carbocycles. The number of H-pyrrole nitrogens is 1. The molecule has 1 heterocycles. The number of fused-ring (bicyclic) bond motifs is 1. The molecule has 4 aromatic carbocycles. The number of methoxy groups -OCH3 is 1. The average Bonchev–Trinajstić information content (AvgIpc) is 3.67. The second kappa shape index (κ2) is 22.3. The minimum Gasteiger partial charge on any atom is -0.488 e. The molecule has 0 saturated carbocycles. The number of benzene rings is 4. The molecule has 14 nitrogen and oxygen atoms in total. The predicted octanol–water partition coefficient (Wildman–Crippen LogP) is 7.95. The van der Waals surface area contributed by atoms with Crippen molar-refractivity contribution in [2.45, 2.75) is 97.7 Å². The number of ether oxygens (including phenoxy) is 5. The van der Waals surface area contributed by atoms with E-state index >= 15 is 0 Å². The van der Waals surface area contributed by atoms with E-state index < -0.39 is 53.8 Å². The van der Waals surface area contributed by atoms with Gasteiger partial charge < -0.3 is 44.6 Å². The highest BCUT2D eigenvalue weighted by Gasteiger charge is 2.30. The van der Waals surface area contributed by atoms with Crippen LogP contribution in [0.1, 0.15) is 70.2 Å². The van der Waals surface area contributed by atoms with Gasteiger partial charge in [-0.3, -0.25) is 4.79 Å². The van der Waals surface area contributed by atoms with E-state index in [2.05, 4.69) is 20.9 Å². The number of rotatable bonds is 19. The number of carbonyl (C=O) groups is 5. The van der Waals surface area contributed by atoms with E-state index in [1.807, 2.05) is 111 Å². The smallest absolute Gasteiger partial charge is 0.408 e. The first-order valence-corrected chi connectivity index (χ1v) is 21.0. The predicted molar refractivity (Wildman–Crippen MR) is 239 cm³/mol. The summed E-state index contributed by atoms with van der Waals surface area (Å²) < 4.78 is 27.7. The van der Waals surface area contributed by atoms with Crippen LogP contribution in [-0.4, -0.2) is 72.5 Å². The Labute approximate surface area is 368 Å². The SMILES string of the molecule is CCOC(=O)[C@H](Cc1c[nH]c2c(-c3cc(C[C@H](NC(=O)OC(C)(C)C)C(=O)N[C@@H](CC(C)C)C(=O)OC)ccc3OCc3ccccc3)cccc12)NC(=O)OCc1ccccc1. The second-order valence-corrected chi connectivity index (χ2v) is 16.5. The minimum absolute atomic E-state index is 0.0197. The maximum absolute atomic E-state index is 14.0. The van der Waals surface area contributed by atoms with Gasteiger partial charge in [0.25, 0.3) is 0 Å². The summed E-state index contributed by atoms with van der Waals surface area (Å²) in [4.78, 5) is 69.4. The summed E-state index contributed by atoms with van der Waals surface area (Å²) in [5, 5.41) is 8.97. The Balaban J connectivity index is 1.50. The van der Waals surface area contributed by atoms with Crippen LogP contribution >= 0.6 is 0 Å². The van der Waals surface area contributed by atoms with Crippen molar-refractivity contribution in [3.8, 4) is 16.9 Å². The summed E-state index contributed by atoms with van der Waals surface area (Å²) in [6.45, 7) is 11.1. The fraction of sp³-hybridized carbons (Fsp3) is 0.367. The van der Waals surface area contributed by atoms with Gasteiger partial charge in [0.15, 0.2) is 0 Å². The van der Waals surface area contributed by atoms with Crippen molar-refractivity contribution >= 4 is 40.9 Å². The molecule has 0 saturated heterocycles. The van der Waals surface area contributed by atoms with Gasteiger partial charge in [0, 0.05) is 35.6 Å². The number of nitrogens with one attached hydrogen (secondary N) is 4. The standard InChI is InChI=1S/C49H58N4O10/c1-8-60-46(56)41(53-47(57)62-30-33-18-13-10-14-19-33)27-35-28-50-43-36(35)20-15-21-37(43)38-25-34(22-23-42(38)61-29-32-16-11-9-12-17-32)26-39(52-48(58)63-49(4,5)6)44(54)51-40(24-31(2)3)45(55)59-7/h9-23,25,28,31,39-41,50H,8,24,26-27,29-30H2,1-7H3,(H,51,54)(H,52,58)(H,53,57)/t39-,40-,41-/m0/s1. The number of aromatic nitrogens is 1. The highest BCUT2D eigenvalue weighted by molar-refractivity contribution is 5.98. The first-order chi connectivity index (χ1) is 30.1. The van der Waals surface area contributed by atoms with Crippen LogP contribution in [0.25, 0.3) is 22.0 Å². The topological polar surface area (TPSA) is 183 Å². The zero-order valence-corrected chi connectivity index (χ0v) is 36.9. The van der Waals surface area contributed by atoms with E-state index in [0.29, 0.717) is 23.3 Å². The molecule has 5 rings (SSSR count). The fourth-order valence-corrected chi connectivity index (χ4v) is 6.94. The van der Waals surface area contributed by atoms with Gasteiger partial charge in [0.2, 0.25) is 5.91 Å². The number of hydrogen-bond donors (Lipinski definition) is 4. The van der Waals surface area contributed by atoms with E-state index in [0.717, 1.165) is 33.2 Å². The number of carbonyl (C=O) groups excluding carboxylic acids is 5. The van der Waals surface area contributed by atoms with Crippen LogP contribution in [0.3, 0.4) is 0 Å². The van der Waals surface area contributed by atoms with Gasteiger partial charge in [0.1, 0.15) is 42.7 Å². The van der Waals surface area contributed by atoms with Crippen LogP contribution in [-0.2, 0) is 59.4 Å². The molecule has 14 heteroatoms. The normalized spacial score (nSPS) is 12.7. The van der Waals surface area contributed by atoms with Crippen molar-refractivity contribution < 1.29 is 47.7 Å². The van der Waals surface area contributed by atoms with Crippen LogP contribution in [0.5, 0.6) is 5.75 Å². The average molecular weight is 863 g/mol. The Morgan fingerprint density at radius 3 is 1.97 bits per heavy atom. The van der Waals surface area contributed by atoms with E-state index in [9.17, 15) is 24.0 Å². The zero-order chi connectivity index (χ0) is 45.5. The Hall–Kier alpha value is -6.83. The largest absolute Gasteiger partial charge is 0.488 e. The van der Waals surface area contributed by atoms with Gasteiger partial charge in [-0.25, -0.2) is 19.2 Å². The molecule has 0 fully saturated rings. The third-order valence-corrected chi connectivity index (χ3v) is 9.83. The maximum Gasteiger partial charge on any atom is 0.408 e. The van der Waals surface area contributed by atoms with Gasteiger partial charge in [-0.2, -0.15) is 0 Å². The van der Waals surface area contributed by atoms with Crippen molar-refractivity contribution in [2.24, 2.45) is 5.92 Å². The van der Waals surface area contributed by atoms with Crippen molar-refractivity contribution in [3.63, 3.8) is 0 Å². The summed E-state index contributed by atoms with van der Waals surface area (Å²) >= 11 is 0. The first kappa shape index (κ1) is 47.2. The monoisotopic (exact) mass is 862 g/mol. The van der Waals surface area contributed by atoms with Crippen molar-refractivity contribution in [1.82, 2.24) is 20.9 Å². The quantitative estimate of drug-likeness (QED) is 0.0470. The minimum atomic E-state index is -1.15. The molecule has 0 bridgehead atoms. The molecule has 0 spiro atoms. The fourth-order valence-electron chi connectivity index (χ4n) is 6.94. The molecule has 0 aliphatic heterocycles. The molecule has 0 radical (unpaired) electrons.